The second kappa shape index (κ2) is 5.89. The van der Waals surface area contributed by atoms with Gasteiger partial charge in [-0.05, 0) is 65.3 Å². The van der Waals surface area contributed by atoms with Gasteiger partial charge < -0.3 is 0 Å². The minimum Gasteiger partial charge on any atom is -0.299 e. The Hall–Kier alpha value is -0.720. The maximum Gasteiger partial charge on any atom is 0.215 e. The van der Waals surface area contributed by atoms with Crippen molar-refractivity contribution in [3.05, 3.63) is 22.4 Å². The predicted octanol–water partition coefficient (Wildman–Crippen LogP) is 3.65. The van der Waals surface area contributed by atoms with Crippen molar-refractivity contribution in [2.24, 2.45) is 16.7 Å². The minimum absolute atomic E-state index is 0.0193. The average Bonchev–Trinajstić information content (AvgIpc) is 3.22. The minimum atomic E-state index is -3.39. The molecule has 4 rings (SSSR count). The Morgan fingerprint density at radius 2 is 1.96 bits per heavy atom. The van der Waals surface area contributed by atoms with Crippen molar-refractivity contribution in [2.75, 3.05) is 18.8 Å². The summed E-state index contributed by atoms with van der Waals surface area (Å²) in [5, 5.41) is 4.26. The number of rotatable bonds is 4. The van der Waals surface area contributed by atoms with Crippen LogP contribution in [-0.2, 0) is 14.8 Å². The third-order valence-electron chi connectivity index (χ3n) is 7.43. The summed E-state index contributed by atoms with van der Waals surface area (Å²) in [6, 6.07) is 2.15. The fraction of sp³-hybridized carbons (Fsp3) is 0.737. The van der Waals surface area contributed by atoms with Gasteiger partial charge in [-0.1, -0.05) is 13.8 Å². The third-order valence-corrected chi connectivity index (χ3v) is 10.1. The first-order valence-electron chi connectivity index (χ1n) is 9.29. The van der Waals surface area contributed by atoms with E-state index in [-0.39, 0.29) is 17.0 Å². The average molecular weight is 382 g/mol. The summed E-state index contributed by atoms with van der Waals surface area (Å²) < 4.78 is 27.9. The smallest absolute Gasteiger partial charge is 0.215 e. The van der Waals surface area contributed by atoms with Gasteiger partial charge in [0, 0.05) is 24.9 Å². The van der Waals surface area contributed by atoms with Gasteiger partial charge in [0.2, 0.25) is 10.0 Å². The molecule has 0 amide bonds. The number of hydrogen-bond donors (Lipinski definition) is 0. The number of Topliss-reactive ketones (excluding diaryl/α,β-unsaturated/α-hetero) is 1. The summed E-state index contributed by atoms with van der Waals surface area (Å²) in [4.78, 5) is 12.7. The Balaban J connectivity index is 1.49. The summed E-state index contributed by atoms with van der Waals surface area (Å²) in [5.41, 5.74) is 0.499. The molecule has 138 valence electrons. The number of hydrogen-bond acceptors (Lipinski definition) is 4. The highest BCUT2D eigenvalue weighted by atomic mass is 32.2. The van der Waals surface area contributed by atoms with E-state index < -0.39 is 15.4 Å². The topological polar surface area (TPSA) is 54.5 Å². The third kappa shape index (κ3) is 2.63. The van der Waals surface area contributed by atoms with E-state index in [1.165, 1.54) is 5.56 Å². The molecule has 2 aliphatic carbocycles. The van der Waals surface area contributed by atoms with E-state index in [1.54, 1.807) is 15.6 Å². The van der Waals surface area contributed by atoms with Gasteiger partial charge in [-0.3, -0.25) is 4.79 Å². The normalized spacial score (nSPS) is 33.2. The van der Waals surface area contributed by atoms with Crippen molar-refractivity contribution in [3.63, 3.8) is 0 Å². The van der Waals surface area contributed by atoms with Gasteiger partial charge in [-0.15, -0.1) is 0 Å². The highest BCUT2D eigenvalue weighted by Crippen LogP contribution is 2.64. The molecule has 0 N–H and O–H groups in total. The number of thiophene rings is 1. The molecule has 1 aromatic rings. The van der Waals surface area contributed by atoms with E-state index in [2.05, 4.69) is 30.7 Å². The molecular weight excluding hydrogens is 354 g/mol. The number of carbonyl (C=O) groups excluding carboxylic acids is 1. The van der Waals surface area contributed by atoms with Crippen LogP contribution >= 0.6 is 11.3 Å². The predicted molar refractivity (Wildman–Crippen MR) is 100 cm³/mol. The fourth-order valence-electron chi connectivity index (χ4n) is 5.49. The maximum atomic E-state index is 13.1. The first kappa shape index (κ1) is 17.7. The molecule has 0 spiro atoms. The van der Waals surface area contributed by atoms with Gasteiger partial charge in [0.1, 0.15) is 5.78 Å². The van der Waals surface area contributed by atoms with E-state index >= 15 is 0 Å². The molecular formula is C19H27NO3S2. The van der Waals surface area contributed by atoms with Crippen molar-refractivity contribution in [1.29, 1.82) is 0 Å². The number of fused-ring (bicyclic) bond motifs is 2. The van der Waals surface area contributed by atoms with Crippen LogP contribution in [0.5, 0.6) is 0 Å². The van der Waals surface area contributed by atoms with Crippen LogP contribution in [0.2, 0.25) is 0 Å². The molecule has 2 atom stereocenters. The molecule has 2 heterocycles. The molecule has 4 nitrogen and oxygen atoms in total. The van der Waals surface area contributed by atoms with Crippen LogP contribution in [0.1, 0.15) is 57.4 Å². The number of sulfonamides is 1. The van der Waals surface area contributed by atoms with Crippen LogP contribution in [0.4, 0.5) is 0 Å². The Labute approximate surface area is 154 Å². The second-order valence-corrected chi connectivity index (χ2v) is 11.4. The Morgan fingerprint density at radius 1 is 1.24 bits per heavy atom. The largest absolute Gasteiger partial charge is 0.299 e. The van der Waals surface area contributed by atoms with Gasteiger partial charge in [0.15, 0.2) is 0 Å². The number of carbonyl (C=O) groups is 1. The van der Waals surface area contributed by atoms with E-state index in [4.69, 9.17) is 0 Å². The Kier molecular flexibility index (Phi) is 4.17. The lowest BCUT2D eigenvalue weighted by molar-refractivity contribution is -0.128. The highest BCUT2D eigenvalue weighted by molar-refractivity contribution is 7.89. The van der Waals surface area contributed by atoms with Gasteiger partial charge in [-0.2, -0.15) is 11.3 Å². The monoisotopic (exact) mass is 381 g/mol. The molecule has 1 aliphatic heterocycles. The first-order valence-corrected chi connectivity index (χ1v) is 11.8. The van der Waals surface area contributed by atoms with E-state index in [0.717, 1.165) is 25.7 Å². The summed E-state index contributed by atoms with van der Waals surface area (Å²) in [6.07, 6.45) is 4.07. The molecule has 0 unspecified atom stereocenters. The molecule has 0 aromatic carbocycles. The lowest BCUT2D eigenvalue weighted by Gasteiger charge is -2.39. The number of nitrogens with zero attached hydrogens (tertiary/aromatic N) is 1. The quantitative estimate of drug-likeness (QED) is 0.800. The zero-order valence-corrected chi connectivity index (χ0v) is 16.7. The standard InChI is InChI=1S/C19H27NO3S2/c1-18(2)16-3-7-19(18,17(21)11-16)13-25(22,23)20-8-4-14(5-9-20)15-6-10-24-12-15/h6,10,12,14,16H,3-5,7-9,11,13H2,1-2H3/t16-,19+/m0/s1. The Morgan fingerprint density at radius 3 is 2.48 bits per heavy atom. The van der Waals surface area contributed by atoms with Crippen molar-refractivity contribution in [2.45, 2.75) is 51.9 Å². The van der Waals surface area contributed by atoms with Crippen LogP contribution in [-0.4, -0.2) is 37.3 Å². The summed E-state index contributed by atoms with van der Waals surface area (Å²) in [5.74, 6) is 1.03. The van der Waals surface area contributed by atoms with Crippen LogP contribution < -0.4 is 0 Å². The van der Waals surface area contributed by atoms with Gasteiger partial charge in [0.25, 0.3) is 0 Å². The molecule has 3 fully saturated rings. The first-order chi connectivity index (χ1) is 11.8. The number of ketones is 1. The SMILES string of the molecule is CC1(C)[C@H]2CC[C@@]1(CS(=O)(=O)N1CCC(c3ccsc3)CC1)C(=O)C2. The summed E-state index contributed by atoms with van der Waals surface area (Å²) >= 11 is 1.70. The zero-order chi connectivity index (χ0) is 17.9. The van der Waals surface area contributed by atoms with Gasteiger partial charge in [0.05, 0.1) is 5.75 Å². The van der Waals surface area contributed by atoms with Gasteiger partial charge >= 0.3 is 0 Å². The summed E-state index contributed by atoms with van der Waals surface area (Å²) in [6.45, 7) is 5.37. The van der Waals surface area contributed by atoms with Crippen molar-refractivity contribution >= 4 is 27.1 Å². The van der Waals surface area contributed by atoms with E-state index in [9.17, 15) is 13.2 Å². The lowest BCUT2D eigenvalue weighted by Crippen LogP contribution is -2.48. The molecule has 1 aromatic heterocycles. The molecule has 1 saturated heterocycles. The van der Waals surface area contributed by atoms with Crippen LogP contribution in [0.15, 0.2) is 16.8 Å². The van der Waals surface area contributed by atoms with Crippen molar-refractivity contribution in [1.82, 2.24) is 4.31 Å². The molecule has 3 aliphatic rings. The van der Waals surface area contributed by atoms with Crippen LogP contribution in [0.3, 0.4) is 0 Å². The Bertz CT molecular complexity index is 761. The lowest BCUT2D eigenvalue weighted by atomic mass is 9.70. The molecule has 2 saturated carbocycles. The maximum absolute atomic E-state index is 13.1. The summed E-state index contributed by atoms with van der Waals surface area (Å²) in [7, 11) is -3.39. The number of piperidine rings is 1. The fourth-order valence-corrected chi connectivity index (χ4v) is 8.48. The van der Waals surface area contributed by atoms with Gasteiger partial charge in [-0.25, -0.2) is 12.7 Å². The van der Waals surface area contributed by atoms with E-state index in [0.29, 0.717) is 31.3 Å². The molecule has 6 heteroatoms. The van der Waals surface area contributed by atoms with E-state index in [1.807, 2.05) is 0 Å². The van der Waals surface area contributed by atoms with Crippen LogP contribution in [0.25, 0.3) is 0 Å². The van der Waals surface area contributed by atoms with Crippen LogP contribution in [0, 0.1) is 16.7 Å². The molecule has 25 heavy (non-hydrogen) atoms. The van der Waals surface area contributed by atoms with Crippen molar-refractivity contribution < 1.29 is 13.2 Å². The zero-order valence-electron chi connectivity index (χ0n) is 15.0. The highest BCUT2D eigenvalue weighted by Gasteiger charge is 2.65. The second-order valence-electron chi connectivity index (χ2n) is 8.65. The molecule has 0 radical (unpaired) electrons. The molecule has 2 bridgehead atoms. The van der Waals surface area contributed by atoms with Crippen molar-refractivity contribution in [3.8, 4) is 0 Å².